The highest BCUT2D eigenvalue weighted by atomic mass is 35.5. The number of hydrogen-bond acceptors (Lipinski definition) is 8. The summed E-state index contributed by atoms with van der Waals surface area (Å²) in [5.74, 6) is -0.198. The van der Waals surface area contributed by atoms with E-state index in [1.54, 1.807) is 11.3 Å². The average Bonchev–Trinajstić information content (AvgIpc) is 3.20. The standard InChI is InChI=1S/C13H10ClN5O2S2/c14-12-16-9(11(20)18-13-19-15-7-23-13)5-10(17-12)21-3-1-8-2-4-22-6-8/h2,4-7H,1,3H2,(H,18,19,20). The van der Waals surface area contributed by atoms with Gasteiger partial charge < -0.3 is 4.74 Å². The van der Waals surface area contributed by atoms with Gasteiger partial charge in [-0.05, 0) is 34.0 Å². The van der Waals surface area contributed by atoms with Crippen molar-refractivity contribution in [2.75, 3.05) is 11.9 Å². The van der Waals surface area contributed by atoms with Gasteiger partial charge in [0.1, 0.15) is 11.2 Å². The van der Waals surface area contributed by atoms with Crippen LogP contribution in [0.5, 0.6) is 5.88 Å². The third-order valence-corrected chi connectivity index (χ3v) is 4.22. The van der Waals surface area contributed by atoms with Crippen molar-refractivity contribution >= 4 is 45.3 Å². The van der Waals surface area contributed by atoms with Gasteiger partial charge >= 0.3 is 0 Å². The van der Waals surface area contributed by atoms with Crippen LogP contribution in [0.3, 0.4) is 0 Å². The van der Waals surface area contributed by atoms with Crippen LogP contribution >= 0.6 is 34.3 Å². The Morgan fingerprint density at radius 2 is 2.30 bits per heavy atom. The van der Waals surface area contributed by atoms with Gasteiger partial charge in [-0.25, -0.2) is 4.98 Å². The zero-order valence-corrected chi connectivity index (χ0v) is 14.0. The minimum Gasteiger partial charge on any atom is -0.477 e. The number of nitrogens with zero attached hydrogens (tertiary/aromatic N) is 4. The fourth-order valence-electron chi connectivity index (χ4n) is 1.68. The molecule has 10 heteroatoms. The molecular formula is C13H10ClN5O2S2. The van der Waals surface area contributed by atoms with Crippen molar-refractivity contribution in [3.8, 4) is 5.88 Å². The molecule has 0 saturated carbocycles. The van der Waals surface area contributed by atoms with Crippen LogP contribution in [0.4, 0.5) is 5.13 Å². The number of rotatable bonds is 6. The van der Waals surface area contributed by atoms with Crippen LogP contribution in [-0.2, 0) is 6.42 Å². The topological polar surface area (TPSA) is 89.9 Å². The molecule has 3 aromatic heterocycles. The van der Waals surface area contributed by atoms with Crippen LogP contribution in [0.15, 0.2) is 28.4 Å². The Balaban J connectivity index is 1.64. The highest BCUT2D eigenvalue weighted by Crippen LogP contribution is 2.16. The zero-order chi connectivity index (χ0) is 16.1. The van der Waals surface area contributed by atoms with Crippen LogP contribution in [0.1, 0.15) is 16.1 Å². The van der Waals surface area contributed by atoms with Crippen molar-refractivity contribution < 1.29 is 9.53 Å². The van der Waals surface area contributed by atoms with Crippen LogP contribution in [0.25, 0.3) is 0 Å². The lowest BCUT2D eigenvalue weighted by Crippen LogP contribution is -2.15. The molecule has 0 unspecified atom stereocenters. The van der Waals surface area contributed by atoms with E-state index in [2.05, 4.69) is 30.9 Å². The number of amides is 1. The number of halogens is 1. The Morgan fingerprint density at radius 3 is 3.04 bits per heavy atom. The lowest BCUT2D eigenvalue weighted by Gasteiger charge is -2.06. The van der Waals surface area contributed by atoms with E-state index in [1.165, 1.54) is 28.5 Å². The number of carbonyl (C=O) groups is 1. The van der Waals surface area contributed by atoms with Gasteiger partial charge in [0, 0.05) is 12.5 Å². The predicted octanol–water partition coefficient (Wildman–Crippen LogP) is 2.92. The smallest absolute Gasteiger partial charge is 0.276 e. The first-order valence-corrected chi connectivity index (χ1v) is 8.67. The normalized spacial score (nSPS) is 10.5. The maximum Gasteiger partial charge on any atom is 0.276 e. The molecule has 0 bridgehead atoms. The molecule has 3 aromatic rings. The van der Waals surface area contributed by atoms with Crippen molar-refractivity contribution in [1.82, 2.24) is 20.2 Å². The van der Waals surface area contributed by atoms with E-state index in [9.17, 15) is 4.79 Å². The third kappa shape index (κ3) is 4.44. The third-order valence-electron chi connectivity index (χ3n) is 2.71. The van der Waals surface area contributed by atoms with E-state index < -0.39 is 5.91 Å². The summed E-state index contributed by atoms with van der Waals surface area (Å²) in [5, 5.41) is 14.3. The number of nitrogens with one attached hydrogen (secondary N) is 1. The Bertz CT molecular complexity index is 780. The lowest BCUT2D eigenvalue weighted by molar-refractivity contribution is 0.102. The molecular weight excluding hydrogens is 358 g/mol. The number of ether oxygens (including phenoxy) is 1. The Kier molecular flexibility index (Phi) is 5.11. The van der Waals surface area contributed by atoms with Gasteiger partial charge in [-0.2, -0.15) is 16.3 Å². The van der Waals surface area contributed by atoms with Crippen molar-refractivity contribution in [3.63, 3.8) is 0 Å². The molecule has 0 saturated heterocycles. The molecule has 7 nitrogen and oxygen atoms in total. The molecule has 0 fully saturated rings. The molecule has 0 aromatic carbocycles. The molecule has 3 rings (SSSR count). The summed E-state index contributed by atoms with van der Waals surface area (Å²) in [6.07, 6.45) is 0.747. The average molecular weight is 368 g/mol. The summed E-state index contributed by atoms with van der Waals surface area (Å²) in [6.45, 7) is 0.432. The van der Waals surface area contributed by atoms with Crippen LogP contribution < -0.4 is 10.1 Å². The highest BCUT2D eigenvalue weighted by Gasteiger charge is 2.13. The maximum atomic E-state index is 12.1. The first kappa shape index (κ1) is 15.8. The summed E-state index contributed by atoms with van der Waals surface area (Å²) >= 11 is 8.69. The second-order valence-corrected chi connectivity index (χ2v) is 6.24. The molecule has 0 aliphatic carbocycles. The second-order valence-electron chi connectivity index (χ2n) is 4.29. The predicted molar refractivity (Wildman–Crippen MR) is 88.4 cm³/mol. The van der Waals surface area contributed by atoms with Gasteiger partial charge in [-0.1, -0.05) is 11.3 Å². The van der Waals surface area contributed by atoms with E-state index in [0.717, 1.165) is 6.42 Å². The molecule has 0 aliphatic rings. The highest BCUT2D eigenvalue weighted by molar-refractivity contribution is 7.13. The quantitative estimate of drug-likeness (QED) is 0.674. The minimum atomic E-state index is -0.450. The molecule has 1 N–H and O–H groups in total. The van der Waals surface area contributed by atoms with E-state index in [0.29, 0.717) is 11.7 Å². The first-order valence-electron chi connectivity index (χ1n) is 6.46. The summed E-state index contributed by atoms with van der Waals surface area (Å²) < 4.78 is 5.55. The van der Waals surface area contributed by atoms with Gasteiger partial charge in [-0.3, -0.25) is 10.1 Å². The number of aromatic nitrogens is 4. The van der Waals surface area contributed by atoms with Crippen molar-refractivity contribution in [2.24, 2.45) is 0 Å². The summed E-state index contributed by atoms with van der Waals surface area (Å²) in [4.78, 5) is 20.0. The lowest BCUT2D eigenvalue weighted by atomic mass is 10.3. The SMILES string of the molecule is O=C(Nc1nncs1)c1cc(OCCc2ccsc2)nc(Cl)n1. The van der Waals surface area contributed by atoms with Crippen molar-refractivity contribution in [2.45, 2.75) is 6.42 Å². The number of hydrogen-bond donors (Lipinski definition) is 1. The van der Waals surface area contributed by atoms with Gasteiger partial charge in [0.05, 0.1) is 6.61 Å². The molecule has 0 spiro atoms. The maximum absolute atomic E-state index is 12.1. The number of carbonyl (C=O) groups excluding carboxylic acids is 1. The number of anilines is 1. The summed E-state index contributed by atoms with van der Waals surface area (Å²) in [6, 6.07) is 3.47. The van der Waals surface area contributed by atoms with Crippen LogP contribution in [0, 0.1) is 0 Å². The van der Waals surface area contributed by atoms with Crippen molar-refractivity contribution in [3.05, 3.63) is 44.9 Å². The second kappa shape index (κ2) is 7.44. The first-order chi connectivity index (χ1) is 11.2. The van der Waals surface area contributed by atoms with Gasteiger partial charge in [0.2, 0.25) is 16.3 Å². The van der Waals surface area contributed by atoms with Crippen molar-refractivity contribution in [1.29, 1.82) is 0 Å². The molecule has 0 radical (unpaired) electrons. The van der Waals surface area contributed by atoms with E-state index >= 15 is 0 Å². The molecule has 118 valence electrons. The fraction of sp³-hybridized carbons (Fsp3) is 0.154. The molecule has 0 atom stereocenters. The zero-order valence-electron chi connectivity index (χ0n) is 11.6. The van der Waals surface area contributed by atoms with E-state index in [4.69, 9.17) is 16.3 Å². The summed E-state index contributed by atoms with van der Waals surface area (Å²) in [5.41, 5.74) is 2.80. The molecule has 0 aliphatic heterocycles. The van der Waals surface area contributed by atoms with Crippen LogP contribution in [-0.4, -0.2) is 32.7 Å². The van der Waals surface area contributed by atoms with Gasteiger partial charge in [0.15, 0.2) is 0 Å². The Morgan fingerprint density at radius 1 is 1.39 bits per heavy atom. The number of thiophene rings is 1. The van der Waals surface area contributed by atoms with Crippen LogP contribution in [0.2, 0.25) is 5.28 Å². The Labute approximate surface area is 144 Å². The molecule has 1 amide bonds. The Hall–Kier alpha value is -2.10. The fourth-order valence-corrected chi connectivity index (χ4v) is 3.00. The molecule has 3 heterocycles. The van der Waals surface area contributed by atoms with E-state index in [-0.39, 0.29) is 16.9 Å². The minimum absolute atomic E-state index is 0.0551. The largest absolute Gasteiger partial charge is 0.477 e. The monoisotopic (exact) mass is 367 g/mol. The summed E-state index contributed by atoms with van der Waals surface area (Å²) in [7, 11) is 0. The van der Waals surface area contributed by atoms with E-state index in [1.807, 2.05) is 11.4 Å². The molecule has 23 heavy (non-hydrogen) atoms. The van der Waals surface area contributed by atoms with Gasteiger partial charge in [0.25, 0.3) is 5.91 Å². The van der Waals surface area contributed by atoms with Gasteiger partial charge in [-0.15, -0.1) is 10.2 Å².